The van der Waals surface area contributed by atoms with E-state index in [2.05, 4.69) is 34.4 Å². The second kappa shape index (κ2) is 18.3. The number of hydrogen-bond acceptors (Lipinski definition) is 17. The van der Waals surface area contributed by atoms with Crippen molar-refractivity contribution in [3.05, 3.63) is 12.7 Å². The van der Waals surface area contributed by atoms with Gasteiger partial charge in [0.15, 0.2) is 23.6 Å². The topological polar surface area (TPSA) is 365 Å². The Balaban J connectivity index is 1.54. The minimum absolute atomic E-state index is 0.0140. The highest BCUT2D eigenvalue weighted by Gasteiger charge is 2.52. The van der Waals surface area contributed by atoms with E-state index in [0.29, 0.717) is 12.2 Å². The number of carbonyl (C=O) groups is 3. The summed E-state index contributed by atoms with van der Waals surface area (Å²) in [6, 6.07) is 0. The fourth-order valence-corrected chi connectivity index (χ4v) is 7.92. The first kappa shape index (κ1) is 44.0. The van der Waals surface area contributed by atoms with Gasteiger partial charge in [0, 0.05) is 37.1 Å². The Labute approximate surface area is 299 Å². The second-order valence-corrected chi connectivity index (χ2v) is 17.1. The minimum Gasteiger partial charge on any atom is -0.384 e. The van der Waals surface area contributed by atoms with Crippen molar-refractivity contribution in [3.63, 3.8) is 0 Å². The Hall–Kier alpha value is -2.44. The molecule has 2 unspecified atom stereocenters. The first-order chi connectivity index (χ1) is 24.1. The lowest BCUT2D eigenvalue weighted by Gasteiger charge is -2.30. The van der Waals surface area contributed by atoms with Gasteiger partial charge in [-0.2, -0.15) is 9.29 Å². The lowest BCUT2D eigenvalue weighted by molar-refractivity contribution is -0.745. The lowest BCUT2D eigenvalue weighted by atomic mass is 9.87. The number of hydrogen-bond donors (Lipinski definition) is 10. The van der Waals surface area contributed by atoms with E-state index in [9.17, 15) is 57.9 Å². The Morgan fingerprint density at radius 3 is 2.44 bits per heavy atom. The summed E-state index contributed by atoms with van der Waals surface area (Å²) >= 11 is 1.07. The van der Waals surface area contributed by atoms with E-state index >= 15 is 0 Å². The summed E-state index contributed by atoms with van der Waals surface area (Å²) in [7, 11) is -16.3. The van der Waals surface area contributed by atoms with Crippen molar-refractivity contribution in [1.29, 1.82) is 0 Å². The molecule has 3 heterocycles. The number of nitrogens with one attached hydrogen (secondary N) is 3. The molecule has 1 aliphatic heterocycles. The maximum absolute atomic E-state index is 12.6. The number of phosphoric acid groups is 3. The molecular formula is C24H41N7O17P3S+. The molecule has 1 fully saturated rings. The number of carbonyl (C=O) groups excluding carboxylic acids is 3. The number of rotatable bonds is 20. The number of aliphatic hydroxyl groups excluding tert-OH is 2. The van der Waals surface area contributed by atoms with E-state index in [1.165, 1.54) is 24.7 Å². The lowest BCUT2D eigenvalue weighted by Crippen LogP contribution is -2.46. The molecule has 0 saturated carbocycles. The Morgan fingerprint density at radius 1 is 1.12 bits per heavy atom. The van der Waals surface area contributed by atoms with Crippen LogP contribution < -0.4 is 20.9 Å². The number of imidazole rings is 1. The normalized spacial score (nSPS) is 22.4. The number of thioether (sulfide) groups is 1. The second-order valence-electron chi connectivity index (χ2n) is 11.7. The Morgan fingerprint density at radius 2 is 1.79 bits per heavy atom. The molecule has 2 aromatic rings. The number of nitrogen functional groups attached to an aromatic ring is 1. The number of H-pyrrole nitrogens is 1. The standard InChI is InChI=1S/C24H40N7O17P3S/c1-4-15(33)52-8-7-26-14(32)5-6-27-22(36)19(35)24(2,3)10-45-51(42,43)48-50(40,41)44-9-13-18(47-49(37,38)39)17(34)23(46-13)31-12-30-16-20(25)28-11-29-21(16)31/h11-13,17-19,23,34-35H,4-10H2,1-3H3,(H8,25,26,27,28,29,32,36,37,38,39,40,41,42,43)/p+1/t13-,17-,18-,19-,23-/m1/s1. The molecule has 294 valence electrons. The fourth-order valence-electron chi connectivity index (χ4n) is 4.45. The monoisotopic (exact) mass is 824 g/mol. The molecule has 3 rings (SSSR count). The Kier molecular flexibility index (Phi) is 15.4. The first-order valence-electron chi connectivity index (χ1n) is 15.2. The molecule has 2 amide bonds. The summed E-state index contributed by atoms with van der Waals surface area (Å²) in [5, 5.41) is 26.2. The van der Waals surface area contributed by atoms with Crippen LogP contribution in [-0.2, 0) is 50.7 Å². The highest BCUT2D eigenvalue weighted by atomic mass is 32.2. The number of amides is 2. The number of nitrogens with zero attached hydrogens (tertiary/aromatic N) is 3. The largest absolute Gasteiger partial charge is 0.481 e. The van der Waals surface area contributed by atoms with Gasteiger partial charge in [-0.25, -0.2) is 18.3 Å². The van der Waals surface area contributed by atoms with Gasteiger partial charge in [-0.3, -0.25) is 32.9 Å². The number of ether oxygens (including phenoxy) is 1. The molecule has 11 N–H and O–H groups in total. The van der Waals surface area contributed by atoms with E-state index in [1.807, 2.05) is 0 Å². The molecule has 0 spiro atoms. The molecule has 2 aromatic heterocycles. The van der Waals surface area contributed by atoms with Crippen LogP contribution in [0.2, 0.25) is 0 Å². The number of fused-ring (bicyclic) bond motifs is 1. The SMILES string of the molecule is CCC(=O)SCCNC(=O)CCNC(=O)[C@@H](O)C(C)(C)COP(=O)(O)OP(=O)(O)OC[C@H]1O[C@@H]([n+]2c[nH]c3c(N)ncnc32)[C@H](O)[C@@H]1OP(=O)(O)O. The molecule has 1 saturated heterocycles. The van der Waals surface area contributed by atoms with Crippen molar-refractivity contribution in [3.8, 4) is 0 Å². The summed E-state index contributed by atoms with van der Waals surface area (Å²) in [6.45, 7) is 2.26. The summed E-state index contributed by atoms with van der Waals surface area (Å²) in [4.78, 5) is 85.3. The smallest absolute Gasteiger partial charge is 0.384 e. The van der Waals surface area contributed by atoms with E-state index in [0.717, 1.165) is 18.1 Å². The van der Waals surface area contributed by atoms with Crippen LogP contribution in [0.15, 0.2) is 12.7 Å². The van der Waals surface area contributed by atoms with Gasteiger partial charge in [-0.05, 0) is 0 Å². The summed E-state index contributed by atoms with van der Waals surface area (Å²) in [6.07, 6.45) is -6.29. The predicted molar refractivity (Wildman–Crippen MR) is 176 cm³/mol. The number of aliphatic hydroxyl groups is 2. The van der Waals surface area contributed by atoms with Crippen LogP contribution in [0.1, 0.15) is 39.8 Å². The average molecular weight is 825 g/mol. The van der Waals surface area contributed by atoms with Gasteiger partial charge in [0.1, 0.15) is 24.4 Å². The summed E-state index contributed by atoms with van der Waals surface area (Å²) in [5.41, 5.74) is 4.48. The van der Waals surface area contributed by atoms with Crippen molar-refractivity contribution < 1.29 is 85.1 Å². The van der Waals surface area contributed by atoms with Crippen LogP contribution >= 0.6 is 35.2 Å². The van der Waals surface area contributed by atoms with E-state index < -0.39 is 84.6 Å². The fraction of sp³-hybridized carbons (Fsp3) is 0.667. The number of anilines is 1. The number of phosphoric ester groups is 3. The molecule has 1 aliphatic rings. The molecular weight excluding hydrogens is 783 g/mol. The van der Waals surface area contributed by atoms with Crippen LogP contribution in [0.5, 0.6) is 0 Å². The van der Waals surface area contributed by atoms with Crippen molar-refractivity contribution in [2.45, 2.75) is 64.3 Å². The van der Waals surface area contributed by atoms with Gasteiger partial charge < -0.3 is 50.9 Å². The predicted octanol–water partition coefficient (Wildman–Crippen LogP) is -1.51. The molecule has 0 aliphatic carbocycles. The van der Waals surface area contributed by atoms with Gasteiger partial charge in [0.25, 0.3) is 0 Å². The summed E-state index contributed by atoms with van der Waals surface area (Å²) < 4.78 is 62.0. The zero-order valence-electron chi connectivity index (χ0n) is 27.8. The van der Waals surface area contributed by atoms with Crippen LogP contribution in [-0.4, -0.2) is 118 Å². The first-order valence-corrected chi connectivity index (χ1v) is 20.7. The highest BCUT2D eigenvalue weighted by Crippen LogP contribution is 2.61. The van der Waals surface area contributed by atoms with E-state index in [1.54, 1.807) is 6.92 Å². The third kappa shape index (κ3) is 12.9. The van der Waals surface area contributed by atoms with Crippen LogP contribution in [0.25, 0.3) is 11.2 Å². The average Bonchev–Trinajstić information content (AvgIpc) is 3.60. The number of nitrogens with two attached hydrogens (primary N) is 1. The van der Waals surface area contributed by atoms with Crippen molar-refractivity contribution in [1.82, 2.24) is 25.6 Å². The molecule has 24 nitrogen and oxygen atoms in total. The highest BCUT2D eigenvalue weighted by molar-refractivity contribution is 8.13. The van der Waals surface area contributed by atoms with Crippen LogP contribution in [0, 0.1) is 5.41 Å². The molecule has 52 heavy (non-hydrogen) atoms. The number of aromatic nitrogens is 4. The van der Waals surface area contributed by atoms with Crippen LogP contribution in [0.3, 0.4) is 0 Å². The maximum Gasteiger partial charge on any atom is 0.481 e. The van der Waals surface area contributed by atoms with Gasteiger partial charge in [0.2, 0.25) is 23.6 Å². The van der Waals surface area contributed by atoms with Crippen LogP contribution in [0.4, 0.5) is 5.82 Å². The summed E-state index contributed by atoms with van der Waals surface area (Å²) in [5.74, 6) is -1.01. The number of aromatic amines is 1. The zero-order chi connectivity index (χ0) is 39.1. The van der Waals surface area contributed by atoms with Gasteiger partial charge in [0.05, 0.1) is 13.2 Å². The Bertz CT molecular complexity index is 1730. The van der Waals surface area contributed by atoms with Gasteiger partial charge in [-0.1, -0.05) is 37.5 Å². The third-order valence-electron chi connectivity index (χ3n) is 7.12. The minimum atomic E-state index is -5.55. The van der Waals surface area contributed by atoms with E-state index in [-0.39, 0.29) is 41.6 Å². The van der Waals surface area contributed by atoms with E-state index in [4.69, 9.17) is 19.5 Å². The van der Waals surface area contributed by atoms with Crippen molar-refractivity contribution in [2.24, 2.45) is 5.41 Å². The molecule has 0 radical (unpaired) electrons. The maximum atomic E-state index is 12.6. The molecule has 7 atom stereocenters. The molecule has 28 heteroatoms. The molecule has 0 bridgehead atoms. The van der Waals surface area contributed by atoms with Crippen molar-refractivity contribution in [2.75, 3.05) is 37.8 Å². The third-order valence-corrected chi connectivity index (χ3v) is 11.2. The molecule has 0 aromatic carbocycles. The van der Waals surface area contributed by atoms with Gasteiger partial charge in [-0.15, -0.1) is 0 Å². The van der Waals surface area contributed by atoms with Gasteiger partial charge >= 0.3 is 29.1 Å². The quantitative estimate of drug-likeness (QED) is 0.0412. The van der Waals surface area contributed by atoms with Crippen molar-refractivity contribution >= 4 is 69.1 Å². The zero-order valence-corrected chi connectivity index (χ0v) is 31.3.